The van der Waals surface area contributed by atoms with Crippen molar-refractivity contribution in [1.82, 2.24) is 9.97 Å². The summed E-state index contributed by atoms with van der Waals surface area (Å²) in [5.41, 5.74) is 0.922. The minimum Gasteiger partial charge on any atom is -0.340 e. The van der Waals surface area contributed by atoms with Crippen LogP contribution in [0.4, 0.5) is 11.5 Å². The molecule has 1 heterocycles. The van der Waals surface area contributed by atoms with Crippen LogP contribution in [-0.2, 0) is 0 Å². The summed E-state index contributed by atoms with van der Waals surface area (Å²) in [7, 11) is 0. The van der Waals surface area contributed by atoms with Gasteiger partial charge in [0.2, 0.25) is 5.28 Å². The summed E-state index contributed by atoms with van der Waals surface area (Å²) in [4.78, 5) is 7.78. The Labute approximate surface area is 116 Å². The van der Waals surface area contributed by atoms with E-state index in [4.69, 9.17) is 23.2 Å². The second-order valence-electron chi connectivity index (χ2n) is 2.98. The quantitative estimate of drug-likeness (QED) is 0.494. The van der Waals surface area contributed by atoms with Gasteiger partial charge in [0.05, 0.1) is 0 Å². The maximum atomic E-state index is 5.76. The number of nitrogens with one attached hydrogen (secondary N) is 1. The highest BCUT2D eigenvalue weighted by Crippen LogP contribution is 2.19. The summed E-state index contributed by atoms with van der Waals surface area (Å²) in [6.07, 6.45) is 0. The first-order valence-corrected chi connectivity index (χ1v) is 6.19. The first kappa shape index (κ1) is 11.9. The van der Waals surface area contributed by atoms with Crippen LogP contribution in [0.1, 0.15) is 0 Å². The second-order valence-corrected chi connectivity index (χ2v) is 4.95. The van der Waals surface area contributed by atoms with E-state index in [2.05, 4.69) is 37.9 Å². The molecule has 82 valence electrons. The molecular weight excluding hydrogens is 360 g/mol. The summed E-state index contributed by atoms with van der Waals surface area (Å²) >= 11 is 13.7. The number of rotatable bonds is 2. The van der Waals surface area contributed by atoms with Crippen LogP contribution in [0.3, 0.4) is 0 Å². The van der Waals surface area contributed by atoms with E-state index in [9.17, 15) is 0 Å². The van der Waals surface area contributed by atoms with Gasteiger partial charge in [-0.3, -0.25) is 0 Å². The number of nitrogens with zero attached hydrogens (tertiary/aromatic N) is 2. The Hall–Kier alpha value is -0.590. The molecule has 6 heteroatoms. The molecule has 1 aromatic carbocycles. The van der Waals surface area contributed by atoms with Crippen molar-refractivity contribution in [3.63, 3.8) is 0 Å². The van der Waals surface area contributed by atoms with Gasteiger partial charge in [-0.1, -0.05) is 11.6 Å². The van der Waals surface area contributed by atoms with Crippen molar-refractivity contribution >= 4 is 57.3 Å². The summed E-state index contributed by atoms with van der Waals surface area (Å²) < 4.78 is 1.17. The number of hydrogen-bond donors (Lipinski definition) is 1. The molecule has 16 heavy (non-hydrogen) atoms. The van der Waals surface area contributed by atoms with Crippen molar-refractivity contribution in [3.8, 4) is 0 Å². The molecule has 2 aromatic rings. The third-order valence-corrected chi connectivity index (χ3v) is 2.87. The number of hydrogen-bond acceptors (Lipinski definition) is 3. The van der Waals surface area contributed by atoms with Crippen molar-refractivity contribution in [1.29, 1.82) is 0 Å². The van der Waals surface area contributed by atoms with Gasteiger partial charge < -0.3 is 5.32 Å². The average molecular weight is 366 g/mol. The SMILES string of the molecule is Clc1cc(Nc2ccc(I)cc2)nc(Cl)n1. The van der Waals surface area contributed by atoms with Crippen LogP contribution in [0.25, 0.3) is 0 Å². The molecule has 0 aliphatic heterocycles. The lowest BCUT2D eigenvalue weighted by molar-refractivity contribution is 1.17. The second kappa shape index (κ2) is 5.16. The van der Waals surface area contributed by atoms with Crippen molar-refractivity contribution in [2.75, 3.05) is 5.32 Å². The van der Waals surface area contributed by atoms with E-state index in [1.165, 1.54) is 3.57 Å². The van der Waals surface area contributed by atoms with Gasteiger partial charge in [-0.15, -0.1) is 0 Å². The van der Waals surface area contributed by atoms with Crippen LogP contribution in [0.2, 0.25) is 10.4 Å². The van der Waals surface area contributed by atoms with E-state index in [1.807, 2.05) is 24.3 Å². The van der Waals surface area contributed by atoms with Crippen LogP contribution in [0, 0.1) is 3.57 Å². The van der Waals surface area contributed by atoms with E-state index in [1.54, 1.807) is 6.07 Å². The Kier molecular flexibility index (Phi) is 3.83. The minimum absolute atomic E-state index is 0.125. The molecule has 0 spiro atoms. The third-order valence-electron chi connectivity index (χ3n) is 1.78. The molecule has 0 fully saturated rings. The molecule has 2 rings (SSSR count). The lowest BCUT2D eigenvalue weighted by Crippen LogP contribution is -1.95. The normalized spacial score (nSPS) is 10.2. The Morgan fingerprint density at radius 1 is 1.06 bits per heavy atom. The number of aromatic nitrogens is 2. The van der Waals surface area contributed by atoms with Gasteiger partial charge in [-0.25, -0.2) is 9.97 Å². The minimum atomic E-state index is 0.125. The molecule has 0 atom stereocenters. The van der Waals surface area contributed by atoms with Gasteiger partial charge in [0.1, 0.15) is 11.0 Å². The molecule has 0 amide bonds. The van der Waals surface area contributed by atoms with Gasteiger partial charge >= 0.3 is 0 Å². The first-order chi connectivity index (χ1) is 7.63. The Morgan fingerprint density at radius 3 is 2.38 bits per heavy atom. The maximum Gasteiger partial charge on any atom is 0.225 e. The highest BCUT2D eigenvalue weighted by Gasteiger charge is 2.01. The first-order valence-electron chi connectivity index (χ1n) is 4.36. The molecule has 1 N–H and O–H groups in total. The summed E-state index contributed by atoms with van der Waals surface area (Å²) in [6.45, 7) is 0. The molecule has 3 nitrogen and oxygen atoms in total. The number of benzene rings is 1. The highest BCUT2D eigenvalue weighted by molar-refractivity contribution is 14.1. The fourth-order valence-electron chi connectivity index (χ4n) is 1.14. The van der Waals surface area contributed by atoms with E-state index in [0.717, 1.165) is 5.69 Å². The monoisotopic (exact) mass is 365 g/mol. The molecule has 0 unspecified atom stereocenters. The van der Waals surface area contributed by atoms with Crippen molar-refractivity contribution in [2.24, 2.45) is 0 Å². The van der Waals surface area contributed by atoms with Crippen LogP contribution < -0.4 is 5.32 Å². The number of halogens is 3. The lowest BCUT2D eigenvalue weighted by Gasteiger charge is -2.05. The standard InChI is InChI=1S/C10H6Cl2IN3/c11-8-5-9(16-10(12)15-8)14-7-3-1-6(13)2-4-7/h1-5H,(H,14,15,16). The topological polar surface area (TPSA) is 37.8 Å². The fraction of sp³-hybridized carbons (Fsp3) is 0. The zero-order valence-electron chi connectivity index (χ0n) is 7.92. The van der Waals surface area contributed by atoms with Gasteiger partial charge in [0.15, 0.2) is 0 Å². The summed E-state index contributed by atoms with van der Waals surface area (Å²) in [5.74, 6) is 0.575. The van der Waals surface area contributed by atoms with Crippen LogP contribution >= 0.6 is 45.8 Å². The van der Waals surface area contributed by atoms with Gasteiger partial charge in [-0.2, -0.15) is 0 Å². The average Bonchev–Trinajstić information content (AvgIpc) is 2.20. The third kappa shape index (κ3) is 3.20. The summed E-state index contributed by atoms with van der Waals surface area (Å²) in [6, 6.07) is 9.50. The largest absolute Gasteiger partial charge is 0.340 e. The Balaban J connectivity index is 2.23. The van der Waals surface area contributed by atoms with Crippen molar-refractivity contribution in [2.45, 2.75) is 0 Å². The fourth-order valence-corrected chi connectivity index (χ4v) is 1.90. The van der Waals surface area contributed by atoms with Crippen LogP contribution in [0.15, 0.2) is 30.3 Å². The van der Waals surface area contributed by atoms with E-state index in [-0.39, 0.29) is 5.28 Å². The number of anilines is 2. The Bertz CT molecular complexity index is 482. The lowest BCUT2D eigenvalue weighted by atomic mass is 10.3. The molecular formula is C10H6Cl2IN3. The van der Waals surface area contributed by atoms with Gasteiger partial charge in [0, 0.05) is 15.3 Å². The van der Waals surface area contributed by atoms with Crippen molar-refractivity contribution < 1.29 is 0 Å². The predicted molar refractivity (Wildman–Crippen MR) is 74.5 cm³/mol. The van der Waals surface area contributed by atoms with Crippen LogP contribution in [0.5, 0.6) is 0 Å². The molecule has 0 aliphatic rings. The molecule has 0 aliphatic carbocycles. The van der Waals surface area contributed by atoms with Crippen molar-refractivity contribution in [3.05, 3.63) is 44.3 Å². The zero-order valence-corrected chi connectivity index (χ0v) is 11.6. The van der Waals surface area contributed by atoms with Gasteiger partial charge in [0.25, 0.3) is 0 Å². The highest BCUT2D eigenvalue weighted by atomic mass is 127. The Morgan fingerprint density at radius 2 is 1.75 bits per heavy atom. The van der Waals surface area contributed by atoms with E-state index in [0.29, 0.717) is 11.0 Å². The molecule has 0 saturated heterocycles. The van der Waals surface area contributed by atoms with Gasteiger partial charge in [-0.05, 0) is 58.5 Å². The molecule has 0 bridgehead atoms. The molecule has 0 radical (unpaired) electrons. The molecule has 1 aromatic heterocycles. The van der Waals surface area contributed by atoms with E-state index >= 15 is 0 Å². The zero-order chi connectivity index (χ0) is 11.5. The summed E-state index contributed by atoms with van der Waals surface area (Å²) in [5, 5.41) is 3.53. The smallest absolute Gasteiger partial charge is 0.225 e. The predicted octanol–water partition coefficient (Wildman–Crippen LogP) is 4.13. The van der Waals surface area contributed by atoms with Crippen LogP contribution in [-0.4, -0.2) is 9.97 Å². The molecule has 0 saturated carbocycles. The maximum absolute atomic E-state index is 5.76. The van der Waals surface area contributed by atoms with E-state index < -0.39 is 0 Å².